The number of phosphoric ester groups is 1. The molecule has 0 saturated heterocycles. The fourth-order valence-corrected chi connectivity index (χ4v) is 6.53. The van der Waals surface area contributed by atoms with Crippen LogP contribution in [0.4, 0.5) is 0 Å². The smallest absolute Gasteiger partial charge is 0.306 e. The first kappa shape index (κ1) is 54.7. The van der Waals surface area contributed by atoms with E-state index >= 15 is 0 Å². The number of carbonyl (C=O) groups is 2. The molecule has 0 bridgehead atoms. The van der Waals surface area contributed by atoms with Crippen molar-refractivity contribution in [3.05, 3.63) is 60.8 Å². The molecule has 0 aromatic heterocycles. The highest BCUT2D eigenvalue weighted by molar-refractivity contribution is 7.45. The van der Waals surface area contributed by atoms with Crippen molar-refractivity contribution in [2.75, 3.05) is 47.5 Å². The van der Waals surface area contributed by atoms with Crippen molar-refractivity contribution in [1.29, 1.82) is 0 Å². The second kappa shape index (κ2) is 39.2. The van der Waals surface area contributed by atoms with Gasteiger partial charge in [-0.1, -0.05) is 164 Å². The van der Waals surface area contributed by atoms with E-state index in [9.17, 15) is 19.0 Å². The molecule has 0 fully saturated rings. The van der Waals surface area contributed by atoms with Crippen LogP contribution in [0.25, 0.3) is 0 Å². The monoisotopic (exact) mass is 822 g/mol. The Kier molecular flexibility index (Phi) is 37.6. The maximum absolute atomic E-state index is 12.7. The zero-order chi connectivity index (χ0) is 42.1. The summed E-state index contributed by atoms with van der Waals surface area (Å²) in [6.45, 7) is 4.07. The molecule has 0 rings (SSSR count). The molecule has 0 heterocycles. The van der Waals surface area contributed by atoms with Crippen LogP contribution in [-0.4, -0.2) is 70.0 Å². The second-order valence-corrected chi connectivity index (χ2v) is 17.4. The van der Waals surface area contributed by atoms with Crippen molar-refractivity contribution in [2.24, 2.45) is 0 Å². The van der Waals surface area contributed by atoms with Crippen LogP contribution in [0.2, 0.25) is 0 Å². The zero-order valence-corrected chi connectivity index (χ0v) is 37.9. The lowest BCUT2D eigenvalue weighted by Crippen LogP contribution is -2.37. The van der Waals surface area contributed by atoms with Gasteiger partial charge in [0.1, 0.15) is 19.8 Å². The molecule has 0 radical (unpaired) electrons. The van der Waals surface area contributed by atoms with Gasteiger partial charge >= 0.3 is 11.9 Å². The Hall–Kier alpha value is -2.29. The molecular formula is C47H84NO8P. The van der Waals surface area contributed by atoms with E-state index in [2.05, 4.69) is 74.6 Å². The van der Waals surface area contributed by atoms with Crippen molar-refractivity contribution in [3.8, 4) is 0 Å². The van der Waals surface area contributed by atoms with E-state index in [1.54, 1.807) is 0 Å². The Morgan fingerprint density at radius 1 is 0.561 bits per heavy atom. The van der Waals surface area contributed by atoms with Gasteiger partial charge in [0.15, 0.2) is 6.10 Å². The molecule has 0 aliphatic rings. The summed E-state index contributed by atoms with van der Waals surface area (Å²) in [6, 6.07) is 0. The number of hydrogen-bond acceptors (Lipinski definition) is 8. The van der Waals surface area contributed by atoms with Crippen molar-refractivity contribution in [2.45, 2.75) is 180 Å². The summed E-state index contributed by atoms with van der Waals surface area (Å²) in [4.78, 5) is 37.5. The maximum Gasteiger partial charge on any atom is 0.306 e. The first-order valence-electron chi connectivity index (χ1n) is 22.5. The summed E-state index contributed by atoms with van der Waals surface area (Å²) in [5.74, 6) is -0.872. The molecule has 0 saturated carbocycles. The van der Waals surface area contributed by atoms with Gasteiger partial charge in [-0.05, 0) is 57.8 Å². The van der Waals surface area contributed by atoms with Crippen LogP contribution in [0.15, 0.2) is 60.8 Å². The van der Waals surface area contributed by atoms with Gasteiger partial charge < -0.3 is 27.9 Å². The third-order valence-corrected chi connectivity index (χ3v) is 10.3. The predicted octanol–water partition coefficient (Wildman–Crippen LogP) is 12.2. The van der Waals surface area contributed by atoms with Crippen LogP contribution in [0.3, 0.4) is 0 Å². The van der Waals surface area contributed by atoms with Crippen LogP contribution >= 0.6 is 7.82 Å². The number of phosphoric acid groups is 1. The number of quaternary nitrogens is 1. The molecule has 0 amide bonds. The van der Waals surface area contributed by atoms with Crippen molar-refractivity contribution >= 4 is 19.8 Å². The Morgan fingerprint density at radius 3 is 1.49 bits per heavy atom. The third kappa shape index (κ3) is 43.1. The molecule has 330 valence electrons. The number of allylic oxidation sites excluding steroid dienone is 10. The van der Waals surface area contributed by atoms with Gasteiger partial charge in [0.05, 0.1) is 27.7 Å². The largest absolute Gasteiger partial charge is 0.756 e. The Labute approximate surface area is 349 Å². The predicted molar refractivity (Wildman–Crippen MR) is 236 cm³/mol. The molecule has 57 heavy (non-hydrogen) atoms. The Bertz CT molecular complexity index is 1160. The minimum atomic E-state index is -4.64. The Morgan fingerprint density at radius 2 is 1.00 bits per heavy atom. The first-order chi connectivity index (χ1) is 27.5. The van der Waals surface area contributed by atoms with Gasteiger partial charge in [-0.25, -0.2) is 0 Å². The summed E-state index contributed by atoms with van der Waals surface area (Å²) in [5, 5.41) is 0. The molecule has 0 aromatic carbocycles. The quantitative estimate of drug-likeness (QED) is 0.0197. The van der Waals surface area contributed by atoms with E-state index in [1.165, 1.54) is 70.6 Å². The molecule has 10 heteroatoms. The van der Waals surface area contributed by atoms with Gasteiger partial charge in [0.2, 0.25) is 0 Å². The third-order valence-electron chi connectivity index (χ3n) is 9.30. The standard InChI is InChI=1S/C47H84NO8P/c1-6-8-10-12-14-16-18-20-22-23-24-25-26-28-30-32-34-36-38-40-47(50)56-45(44-55-57(51,52)54-42-41-48(3,4)5)43-53-46(49)39-37-35-33-31-29-27-21-19-17-15-13-11-9-7-2/h8,10,14,16,20,22,24-25,28,30,45H,6-7,9,11-13,15,17-19,21,23,26-27,29,31-44H2,1-5H3/b10-8+,16-14+,22-20+,25-24+,30-28+/t45-/m1/s1. The van der Waals surface area contributed by atoms with Crippen LogP contribution in [0.1, 0.15) is 174 Å². The topological polar surface area (TPSA) is 111 Å². The lowest BCUT2D eigenvalue weighted by molar-refractivity contribution is -0.870. The van der Waals surface area contributed by atoms with Crippen LogP contribution in [-0.2, 0) is 32.7 Å². The molecule has 0 spiro atoms. The molecule has 0 aliphatic heterocycles. The SMILES string of the molecule is CC/C=C/C/C=C/C/C=C/C/C=C/C/C=C/CCCCCC(=O)O[C@H](COC(=O)CCCCCCCCCCCCCCCC)COP(=O)([O-])OCC[N+](C)(C)C. The number of unbranched alkanes of at least 4 members (excludes halogenated alkanes) is 16. The van der Waals surface area contributed by atoms with Gasteiger partial charge in [0.25, 0.3) is 7.82 Å². The summed E-state index contributed by atoms with van der Waals surface area (Å²) >= 11 is 0. The number of ether oxygens (including phenoxy) is 2. The van der Waals surface area contributed by atoms with E-state index in [1.807, 2.05) is 21.1 Å². The highest BCUT2D eigenvalue weighted by Gasteiger charge is 2.21. The normalized spacial score (nSPS) is 14.1. The van der Waals surface area contributed by atoms with Crippen LogP contribution in [0.5, 0.6) is 0 Å². The fraction of sp³-hybridized carbons (Fsp3) is 0.745. The molecule has 1 unspecified atom stereocenters. The fourth-order valence-electron chi connectivity index (χ4n) is 5.80. The first-order valence-corrected chi connectivity index (χ1v) is 24.0. The van der Waals surface area contributed by atoms with Gasteiger partial charge in [-0.3, -0.25) is 14.2 Å². The average molecular weight is 822 g/mol. The summed E-state index contributed by atoms with van der Waals surface area (Å²) in [7, 11) is 1.14. The molecule has 2 atom stereocenters. The maximum atomic E-state index is 12.7. The molecule has 0 aliphatic carbocycles. The minimum absolute atomic E-state index is 0.0392. The number of hydrogen-bond donors (Lipinski definition) is 0. The van der Waals surface area contributed by atoms with Gasteiger partial charge in [0, 0.05) is 12.8 Å². The van der Waals surface area contributed by atoms with Gasteiger partial charge in [-0.15, -0.1) is 0 Å². The molecule has 0 N–H and O–H groups in total. The average Bonchev–Trinajstić information content (AvgIpc) is 3.16. The van der Waals surface area contributed by atoms with E-state index in [4.69, 9.17) is 18.5 Å². The lowest BCUT2D eigenvalue weighted by Gasteiger charge is -2.28. The van der Waals surface area contributed by atoms with Crippen LogP contribution in [0, 0.1) is 0 Å². The number of likely N-dealkylation sites (N-methyl/N-ethyl adjacent to an activating group) is 1. The molecular weight excluding hydrogens is 737 g/mol. The van der Waals surface area contributed by atoms with E-state index in [0.29, 0.717) is 17.4 Å². The molecule has 9 nitrogen and oxygen atoms in total. The summed E-state index contributed by atoms with van der Waals surface area (Å²) in [5.41, 5.74) is 0. The van der Waals surface area contributed by atoms with Crippen molar-refractivity contribution in [1.82, 2.24) is 0 Å². The zero-order valence-electron chi connectivity index (χ0n) is 37.0. The molecule has 0 aromatic rings. The number of rotatable bonds is 40. The number of nitrogens with zero attached hydrogens (tertiary/aromatic N) is 1. The summed E-state index contributed by atoms with van der Waals surface area (Å²) in [6.07, 6.45) is 46.7. The lowest BCUT2D eigenvalue weighted by atomic mass is 10.0. The Balaban J connectivity index is 4.42. The highest BCUT2D eigenvalue weighted by atomic mass is 31.2. The second-order valence-electron chi connectivity index (χ2n) is 16.0. The van der Waals surface area contributed by atoms with Crippen LogP contribution < -0.4 is 4.89 Å². The number of esters is 2. The van der Waals surface area contributed by atoms with E-state index in [0.717, 1.165) is 70.6 Å². The van der Waals surface area contributed by atoms with E-state index < -0.39 is 32.5 Å². The summed E-state index contributed by atoms with van der Waals surface area (Å²) < 4.78 is 33.9. The van der Waals surface area contributed by atoms with Crippen molar-refractivity contribution in [3.63, 3.8) is 0 Å². The minimum Gasteiger partial charge on any atom is -0.756 e. The highest BCUT2D eigenvalue weighted by Crippen LogP contribution is 2.38. The number of carbonyl (C=O) groups excluding carboxylic acids is 2. The van der Waals surface area contributed by atoms with E-state index in [-0.39, 0.29) is 26.1 Å². The van der Waals surface area contributed by atoms with Crippen molar-refractivity contribution < 1.29 is 42.1 Å². The van der Waals surface area contributed by atoms with Gasteiger partial charge in [-0.2, -0.15) is 0 Å².